The first-order valence-corrected chi connectivity index (χ1v) is 11.9. The van der Waals surface area contributed by atoms with Crippen LogP contribution in [0.2, 0.25) is 0 Å². The molecule has 0 bridgehead atoms. The zero-order chi connectivity index (χ0) is 24.8. The molecule has 1 atom stereocenters. The summed E-state index contributed by atoms with van der Waals surface area (Å²) < 4.78 is 44.9. The van der Waals surface area contributed by atoms with Gasteiger partial charge in [-0.05, 0) is 38.1 Å². The van der Waals surface area contributed by atoms with Gasteiger partial charge in [-0.1, -0.05) is 19.1 Å². The first kappa shape index (κ1) is 25.6. The molecule has 33 heavy (non-hydrogen) atoms. The molecule has 0 aliphatic heterocycles. The van der Waals surface area contributed by atoms with Crippen molar-refractivity contribution in [3.05, 3.63) is 47.7 Å². The van der Waals surface area contributed by atoms with E-state index < -0.39 is 28.2 Å². The standard InChI is InChI=1S/C18H20FN7O4S.C2H6/c1-10-13(24-31(4,28)29)6-7-14(21-10)16-17(26(3)25-23-16)22-18(27)30-11(2)12-5-8-15(19)20-9-12;1-2/h5-9,11,24H,1-4H3,(H,22,27);1-2H3. The Morgan fingerprint density at radius 3 is 2.48 bits per heavy atom. The molecule has 0 aromatic carbocycles. The second kappa shape index (κ2) is 10.8. The zero-order valence-electron chi connectivity index (χ0n) is 19.1. The lowest BCUT2D eigenvalue weighted by atomic mass is 10.2. The molecule has 0 fully saturated rings. The minimum Gasteiger partial charge on any atom is -0.441 e. The highest BCUT2D eigenvalue weighted by Gasteiger charge is 2.20. The van der Waals surface area contributed by atoms with Gasteiger partial charge < -0.3 is 4.74 Å². The third-order valence-corrected chi connectivity index (χ3v) is 4.77. The number of rotatable bonds is 6. The van der Waals surface area contributed by atoms with Gasteiger partial charge in [-0.15, -0.1) is 5.10 Å². The molecule has 0 aliphatic carbocycles. The van der Waals surface area contributed by atoms with E-state index in [-0.39, 0.29) is 11.5 Å². The summed E-state index contributed by atoms with van der Waals surface area (Å²) in [5.41, 5.74) is 1.90. The van der Waals surface area contributed by atoms with E-state index in [1.165, 1.54) is 23.0 Å². The molecule has 2 N–H and O–H groups in total. The quantitative estimate of drug-likeness (QED) is 0.512. The summed E-state index contributed by atoms with van der Waals surface area (Å²) in [6, 6.07) is 5.73. The van der Waals surface area contributed by atoms with E-state index in [1.54, 1.807) is 33.0 Å². The maximum absolute atomic E-state index is 13.0. The number of ether oxygens (including phenoxy) is 1. The number of halogens is 1. The molecule has 0 saturated carbocycles. The fraction of sp³-hybridized carbons (Fsp3) is 0.350. The Labute approximate surface area is 191 Å². The van der Waals surface area contributed by atoms with E-state index in [1.807, 2.05) is 13.8 Å². The average Bonchev–Trinajstić information content (AvgIpc) is 3.10. The minimum absolute atomic E-state index is 0.227. The third-order valence-electron chi connectivity index (χ3n) is 4.17. The number of amides is 1. The molecular formula is C20H26FN7O4S. The second-order valence-corrected chi connectivity index (χ2v) is 8.45. The van der Waals surface area contributed by atoms with Crippen LogP contribution in [0.1, 0.15) is 38.1 Å². The van der Waals surface area contributed by atoms with Gasteiger partial charge in [0.15, 0.2) is 11.5 Å². The van der Waals surface area contributed by atoms with E-state index in [9.17, 15) is 17.6 Å². The topological polar surface area (TPSA) is 141 Å². The molecule has 0 radical (unpaired) electrons. The summed E-state index contributed by atoms with van der Waals surface area (Å²) in [6.45, 7) is 7.25. The molecule has 3 heterocycles. The van der Waals surface area contributed by atoms with Crippen molar-refractivity contribution >= 4 is 27.6 Å². The summed E-state index contributed by atoms with van der Waals surface area (Å²) >= 11 is 0. The summed E-state index contributed by atoms with van der Waals surface area (Å²) in [5.74, 6) is -0.406. The first-order valence-electron chi connectivity index (χ1n) is 9.98. The molecule has 13 heteroatoms. The highest BCUT2D eigenvalue weighted by Crippen LogP contribution is 2.27. The van der Waals surface area contributed by atoms with Crippen molar-refractivity contribution in [2.45, 2.75) is 33.8 Å². The van der Waals surface area contributed by atoms with Crippen LogP contribution in [0.15, 0.2) is 30.5 Å². The van der Waals surface area contributed by atoms with Crippen LogP contribution >= 0.6 is 0 Å². The van der Waals surface area contributed by atoms with Crippen LogP contribution in [0.5, 0.6) is 0 Å². The number of hydrogen-bond donors (Lipinski definition) is 2. The Bertz CT molecular complexity index is 1210. The lowest BCUT2D eigenvalue weighted by Gasteiger charge is -2.14. The average molecular weight is 480 g/mol. The van der Waals surface area contributed by atoms with E-state index in [2.05, 4.69) is 30.3 Å². The van der Waals surface area contributed by atoms with E-state index in [4.69, 9.17) is 4.74 Å². The highest BCUT2D eigenvalue weighted by molar-refractivity contribution is 7.92. The third kappa shape index (κ3) is 6.94. The Morgan fingerprint density at radius 2 is 1.91 bits per heavy atom. The number of pyridine rings is 2. The normalized spacial score (nSPS) is 11.7. The van der Waals surface area contributed by atoms with E-state index >= 15 is 0 Å². The van der Waals surface area contributed by atoms with Crippen molar-refractivity contribution in [1.29, 1.82) is 0 Å². The van der Waals surface area contributed by atoms with Crippen LogP contribution in [0, 0.1) is 12.9 Å². The van der Waals surface area contributed by atoms with Crippen LogP contribution in [0.4, 0.5) is 20.7 Å². The number of carbonyl (C=O) groups is 1. The molecule has 1 unspecified atom stereocenters. The molecule has 3 aromatic heterocycles. The Balaban J connectivity index is 0.00000187. The van der Waals surface area contributed by atoms with Crippen molar-refractivity contribution < 1.29 is 22.3 Å². The molecule has 3 rings (SSSR count). The number of nitrogens with one attached hydrogen (secondary N) is 2. The second-order valence-electron chi connectivity index (χ2n) is 6.70. The number of anilines is 2. The summed E-state index contributed by atoms with van der Waals surface area (Å²) in [5, 5.41) is 10.5. The van der Waals surface area contributed by atoms with Gasteiger partial charge in [0.05, 0.1) is 23.3 Å². The van der Waals surface area contributed by atoms with Gasteiger partial charge in [-0.25, -0.2) is 27.9 Å². The number of carbonyl (C=O) groups excluding carboxylic acids is 1. The number of aromatic nitrogens is 5. The highest BCUT2D eigenvalue weighted by atomic mass is 32.2. The van der Waals surface area contributed by atoms with Crippen molar-refractivity contribution in [1.82, 2.24) is 25.0 Å². The monoisotopic (exact) mass is 479 g/mol. The lowest BCUT2D eigenvalue weighted by Crippen LogP contribution is -2.18. The van der Waals surface area contributed by atoms with Crippen molar-refractivity contribution in [2.75, 3.05) is 16.3 Å². The number of sulfonamides is 1. The van der Waals surface area contributed by atoms with Crippen molar-refractivity contribution in [3.63, 3.8) is 0 Å². The molecule has 0 spiro atoms. The molecule has 178 valence electrons. The lowest BCUT2D eigenvalue weighted by molar-refractivity contribution is 0.120. The Morgan fingerprint density at radius 1 is 1.21 bits per heavy atom. The molecule has 1 amide bonds. The van der Waals surface area contributed by atoms with E-state index in [0.717, 1.165) is 6.26 Å². The van der Waals surface area contributed by atoms with Crippen molar-refractivity contribution in [2.24, 2.45) is 7.05 Å². The van der Waals surface area contributed by atoms with E-state index in [0.29, 0.717) is 22.6 Å². The van der Waals surface area contributed by atoms with Crippen molar-refractivity contribution in [3.8, 4) is 11.4 Å². The molecule has 0 saturated heterocycles. The SMILES string of the molecule is CC.Cc1nc(-c2nnn(C)c2NC(=O)OC(C)c2ccc(F)nc2)ccc1NS(C)(=O)=O. The van der Waals surface area contributed by atoms with Crippen LogP contribution in [-0.4, -0.2) is 45.7 Å². The van der Waals surface area contributed by atoms with Crippen LogP contribution < -0.4 is 10.0 Å². The van der Waals surface area contributed by atoms with Gasteiger partial charge in [-0.3, -0.25) is 10.0 Å². The Kier molecular flexibility index (Phi) is 8.40. The van der Waals surface area contributed by atoms with Crippen LogP contribution in [0.25, 0.3) is 11.4 Å². The number of aryl methyl sites for hydroxylation is 2. The fourth-order valence-corrected chi connectivity index (χ4v) is 3.27. The van der Waals surface area contributed by atoms with Gasteiger partial charge in [0, 0.05) is 18.8 Å². The van der Waals surface area contributed by atoms with Gasteiger partial charge in [0.1, 0.15) is 6.10 Å². The molecule has 3 aromatic rings. The fourth-order valence-electron chi connectivity index (χ4n) is 2.65. The largest absolute Gasteiger partial charge is 0.441 e. The summed E-state index contributed by atoms with van der Waals surface area (Å²) in [6.07, 6.45) is 0.859. The number of nitrogens with zero attached hydrogens (tertiary/aromatic N) is 5. The van der Waals surface area contributed by atoms with Crippen LogP contribution in [-0.2, 0) is 21.8 Å². The van der Waals surface area contributed by atoms with Crippen LogP contribution in [0.3, 0.4) is 0 Å². The molecular weight excluding hydrogens is 453 g/mol. The minimum atomic E-state index is -3.45. The predicted octanol–water partition coefficient (Wildman–Crippen LogP) is 3.43. The predicted molar refractivity (Wildman–Crippen MR) is 121 cm³/mol. The van der Waals surface area contributed by atoms with Gasteiger partial charge in [0.25, 0.3) is 0 Å². The maximum Gasteiger partial charge on any atom is 0.413 e. The number of hydrogen-bond acceptors (Lipinski definition) is 8. The van der Waals surface area contributed by atoms with Gasteiger partial charge in [0.2, 0.25) is 16.0 Å². The summed E-state index contributed by atoms with van der Waals surface area (Å²) in [7, 11) is -1.88. The molecule has 11 nitrogen and oxygen atoms in total. The smallest absolute Gasteiger partial charge is 0.413 e. The summed E-state index contributed by atoms with van der Waals surface area (Å²) in [4.78, 5) is 20.3. The van der Waals surface area contributed by atoms with Gasteiger partial charge in [-0.2, -0.15) is 4.39 Å². The van der Waals surface area contributed by atoms with Gasteiger partial charge >= 0.3 is 6.09 Å². The molecule has 0 aliphatic rings. The first-order chi connectivity index (χ1) is 15.5. The Hall–Kier alpha value is -3.61. The maximum atomic E-state index is 13.0. The zero-order valence-corrected chi connectivity index (χ0v) is 19.9.